The highest BCUT2D eigenvalue weighted by molar-refractivity contribution is 5.82. The Labute approximate surface area is 90.2 Å². The standard InChI is InChI=1S/C12H19NO2/c14-7-12(4-5-12)6-13-11(15)10-8-2-1-3-9(8)10/h8-10,14H,1-7H2,(H,13,15). The molecule has 3 aliphatic carbocycles. The molecule has 0 aromatic rings. The molecule has 1 amide bonds. The summed E-state index contributed by atoms with van der Waals surface area (Å²) in [5.41, 5.74) is 0.0552. The van der Waals surface area contributed by atoms with Crippen molar-refractivity contribution in [1.29, 1.82) is 0 Å². The highest BCUT2D eigenvalue weighted by Gasteiger charge is 2.56. The molecule has 0 spiro atoms. The van der Waals surface area contributed by atoms with Crippen LogP contribution in [0, 0.1) is 23.2 Å². The maximum atomic E-state index is 11.8. The molecular formula is C12H19NO2. The quantitative estimate of drug-likeness (QED) is 0.723. The average Bonchev–Trinajstić information content (AvgIpc) is 3.14. The molecule has 0 saturated heterocycles. The number of carbonyl (C=O) groups is 1. The molecule has 2 N–H and O–H groups in total. The van der Waals surface area contributed by atoms with Crippen molar-refractivity contribution in [2.24, 2.45) is 23.2 Å². The summed E-state index contributed by atoms with van der Waals surface area (Å²) >= 11 is 0. The van der Waals surface area contributed by atoms with Gasteiger partial charge in [0, 0.05) is 17.9 Å². The van der Waals surface area contributed by atoms with E-state index in [1.54, 1.807) is 0 Å². The number of nitrogens with one attached hydrogen (secondary N) is 1. The Kier molecular flexibility index (Phi) is 2.06. The van der Waals surface area contributed by atoms with Gasteiger partial charge in [-0.3, -0.25) is 4.79 Å². The predicted octanol–water partition coefficient (Wildman–Crippen LogP) is 0.921. The molecule has 0 radical (unpaired) electrons. The van der Waals surface area contributed by atoms with Crippen LogP contribution in [0.3, 0.4) is 0 Å². The summed E-state index contributed by atoms with van der Waals surface area (Å²) in [5.74, 6) is 1.99. The van der Waals surface area contributed by atoms with Crippen molar-refractivity contribution in [2.45, 2.75) is 32.1 Å². The highest BCUT2D eigenvalue weighted by Crippen LogP contribution is 2.57. The van der Waals surface area contributed by atoms with Gasteiger partial charge >= 0.3 is 0 Å². The summed E-state index contributed by atoms with van der Waals surface area (Å²) in [6.45, 7) is 0.920. The molecule has 3 aliphatic rings. The van der Waals surface area contributed by atoms with Crippen molar-refractivity contribution < 1.29 is 9.90 Å². The lowest BCUT2D eigenvalue weighted by Gasteiger charge is -2.13. The number of rotatable bonds is 4. The molecule has 0 heterocycles. The van der Waals surface area contributed by atoms with Crippen molar-refractivity contribution in [3.05, 3.63) is 0 Å². The molecule has 84 valence electrons. The minimum Gasteiger partial charge on any atom is -0.396 e. The zero-order chi connectivity index (χ0) is 10.5. The fourth-order valence-electron chi connectivity index (χ4n) is 3.17. The Bertz CT molecular complexity index is 275. The molecule has 0 aliphatic heterocycles. The van der Waals surface area contributed by atoms with Crippen LogP contribution in [-0.4, -0.2) is 24.2 Å². The van der Waals surface area contributed by atoms with Crippen LogP contribution in [-0.2, 0) is 4.79 Å². The summed E-state index contributed by atoms with van der Waals surface area (Å²) in [4.78, 5) is 11.8. The molecule has 3 nitrogen and oxygen atoms in total. The van der Waals surface area contributed by atoms with Gasteiger partial charge in [0.1, 0.15) is 0 Å². The van der Waals surface area contributed by atoms with Crippen LogP contribution in [0.4, 0.5) is 0 Å². The maximum absolute atomic E-state index is 11.8. The zero-order valence-electron chi connectivity index (χ0n) is 9.04. The van der Waals surface area contributed by atoms with Crippen LogP contribution in [0.1, 0.15) is 32.1 Å². The van der Waals surface area contributed by atoms with Gasteiger partial charge in [-0.1, -0.05) is 6.42 Å². The zero-order valence-corrected chi connectivity index (χ0v) is 9.04. The molecule has 2 atom stereocenters. The summed E-state index contributed by atoms with van der Waals surface area (Å²) in [7, 11) is 0. The molecule has 2 unspecified atom stereocenters. The summed E-state index contributed by atoms with van der Waals surface area (Å²) in [6, 6.07) is 0. The summed E-state index contributed by atoms with van der Waals surface area (Å²) in [5, 5.41) is 12.2. The second-order valence-electron chi connectivity index (χ2n) is 5.66. The fourth-order valence-corrected chi connectivity index (χ4v) is 3.17. The van der Waals surface area contributed by atoms with Gasteiger partial charge in [0.2, 0.25) is 5.91 Å². The van der Waals surface area contributed by atoms with Crippen LogP contribution in [0.5, 0.6) is 0 Å². The molecule has 15 heavy (non-hydrogen) atoms. The van der Waals surface area contributed by atoms with E-state index in [1.165, 1.54) is 19.3 Å². The first-order chi connectivity index (χ1) is 7.26. The van der Waals surface area contributed by atoms with Gasteiger partial charge in [-0.05, 0) is 37.5 Å². The van der Waals surface area contributed by atoms with E-state index in [2.05, 4.69) is 5.32 Å². The van der Waals surface area contributed by atoms with E-state index in [9.17, 15) is 4.79 Å². The van der Waals surface area contributed by atoms with E-state index < -0.39 is 0 Å². The summed E-state index contributed by atoms with van der Waals surface area (Å²) in [6.07, 6.45) is 5.98. The fraction of sp³-hybridized carbons (Fsp3) is 0.917. The molecule has 3 fully saturated rings. The maximum Gasteiger partial charge on any atom is 0.223 e. The van der Waals surface area contributed by atoms with E-state index in [-0.39, 0.29) is 17.9 Å². The second kappa shape index (κ2) is 3.21. The van der Waals surface area contributed by atoms with Crippen LogP contribution in [0.2, 0.25) is 0 Å². The van der Waals surface area contributed by atoms with Crippen molar-refractivity contribution in [3.8, 4) is 0 Å². The smallest absolute Gasteiger partial charge is 0.223 e. The number of aliphatic hydroxyl groups excluding tert-OH is 1. The van der Waals surface area contributed by atoms with Crippen molar-refractivity contribution >= 4 is 5.91 Å². The highest BCUT2D eigenvalue weighted by atomic mass is 16.3. The van der Waals surface area contributed by atoms with Crippen molar-refractivity contribution in [3.63, 3.8) is 0 Å². The first-order valence-electron chi connectivity index (χ1n) is 6.14. The lowest BCUT2D eigenvalue weighted by Crippen LogP contribution is -2.33. The third-order valence-corrected chi connectivity index (χ3v) is 4.64. The molecule has 0 bridgehead atoms. The van der Waals surface area contributed by atoms with Crippen molar-refractivity contribution in [2.75, 3.05) is 13.2 Å². The monoisotopic (exact) mass is 209 g/mol. The van der Waals surface area contributed by atoms with E-state index in [4.69, 9.17) is 5.11 Å². The topological polar surface area (TPSA) is 49.3 Å². The van der Waals surface area contributed by atoms with Crippen molar-refractivity contribution in [1.82, 2.24) is 5.32 Å². The first kappa shape index (κ1) is 9.64. The lowest BCUT2D eigenvalue weighted by molar-refractivity contribution is -0.123. The number of aliphatic hydroxyl groups is 1. The lowest BCUT2D eigenvalue weighted by atomic mass is 10.1. The molecule has 3 saturated carbocycles. The Morgan fingerprint density at radius 3 is 2.53 bits per heavy atom. The number of amides is 1. The van der Waals surface area contributed by atoms with Gasteiger partial charge in [0.25, 0.3) is 0 Å². The molecule has 0 aromatic carbocycles. The average molecular weight is 209 g/mol. The van der Waals surface area contributed by atoms with E-state index >= 15 is 0 Å². The first-order valence-corrected chi connectivity index (χ1v) is 6.14. The minimum absolute atomic E-state index is 0.0552. The molecule has 3 rings (SSSR count). The van der Waals surface area contributed by atoms with Gasteiger partial charge in [0.05, 0.1) is 6.61 Å². The number of hydrogen-bond acceptors (Lipinski definition) is 2. The van der Waals surface area contributed by atoms with E-state index in [1.807, 2.05) is 0 Å². The third kappa shape index (κ3) is 1.57. The predicted molar refractivity (Wildman–Crippen MR) is 56.1 cm³/mol. The van der Waals surface area contributed by atoms with Gasteiger partial charge in [0.15, 0.2) is 0 Å². The number of hydrogen-bond donors (Lipinski definition) is 2. The number of fused-ring (bicyclic) bond motifs is 1. The van der Waals surface area contributed by atoms with Gasteiger partial charge in [-0.2, -0.15) is 0 Å². The Morgan fingerprint density at radius 2 is 2.00 bits per heavy atom. The Hall–Kier alpha value is -0.570. The molecular weight excluding hydrogens is 190 g/mol. The Morgan fingerprint density at radius 1 is 1.33 bits per heavy atom. The SMILES string of the molecule is O=C(NCC1(CO)CC1)C1C2CCCC21. The van der Waals surface area contributed by atoms with Crippen LogP contribution in [0.25, 0.3) is 0 Å². The normalized spacial score (nSPS) is 39.7. The second-order valence-corrected chi connectivity index (χ2v) is 5.66. The van der Waals surface area contributed by atoms with Crippen LogP contribution in [0.15, 0.2) is 0 Å². The molecule has 3 heteroatoms. The Balaban J connectivity index is 1.46. The molecule has 0 aromatic heterocycles. The minimum atomic E-state index is 0.0552. The van der Waals surface area contributed by atoms with Gasteiger partial charge in [-0.25, -0.2) is 0 Å². The van der Waals surface area contributed by atoms with Crippen LogP contribution >= 0.6 is 0 Å². The van der Waals surface area contributed by atoms with Gasteiger partial charge < -0.3 is 10.4 Å². The van der Waals surface area contributed by atoms with E-state index in [0.29, 0.717) is 24.3 Å². The number of carbonyl (C=O) groups excluding carboxylic acids is 1. The third-order valence-electron chi connectivity index (χ3n) is 4.64. The summed E-state index contributed by atoms with van der Waals surface area (Å²) < 4.78 is 0. The van der Waals surface area contributed by atoms with Gasteiger partial charge in [-0.15, -0.1) is 0 Å². The largest absolute Gasteiger partial charge is 0.396 e. The van der Waals surface area contributed by atoms with E-state index in [0.717, 1.165) is 12.8 Å². The van der Waals surface area contributed by atoms with Crippen LogP contribution < -0.4 is 5.32 Å².